The van der Waals surface area contributed by atoms with Crippen molar-refractivity contribution in [2.75, 3.05) is 17.7 Å². The van der Waals surface area contributed by atoms with Gasteiger partial charge in [0.25, 0.3) is 0 Å². The average molecular weight is 255 g/mol. The summed E-state index contributed by atoms with van der Waals surface area (Å²) in [5.41, 5.74) is 6.42. The molecule has 5 heteroatoms. The summed E-state index contributed by atoms with van der Waals surface area (Å²) >= 11 is 5.93. The van der Waals surface area contributed by atoms with Gasteiger partial charge in [-0.25, -0.2) is 9.97 Å². The van der Waals surface area contributed by atoms with E-state index >= 15 is 0 Å². The van der Waals surface area contributed by atoms with Crippen molar-refractivity contribution < 1.29 is 0 Å². The SMILES string of the molecule is CC1CCCCC1N(C)c1ncnc(Cl)c1N. The van der Waals surface area contributed by atoms with Gasteiger partial charge >= 0.3 is 0 Å². The van der Waals surface area contributed by atoms with E-state index < -0.39 is 0 Å². The van der Waals surface area contributed by atoms with Crippen molar-refractivity contribution in [2.45, 2.75) is 38.6 Å². The van der Waals surface area contributed by atoms with Crippen molar-refractivity contribution in [2.24, 2.45) is 5.92 Å². The number of hydrogen-bond donors (Lipinski definition) is 1. The second kappa shape index (κ2) is 5.08. The Kier molecular flexibility index (Phi) is 3.72. The molecule has 0 aromatic carbocycles. The van der Waals surface area contributed by atoms with E-state index in [-0.39, 0.29) is 0 Å². The van der Waals surface area contributed by atoms with Crippen LogP contribution in [0.2, 0.25) is 5.15 Å². The van der Waals surface area contributed by atoms with Crippen LogP contribution in [0.4, 0.5) is 11.5 Å². The lowest BCUT2D eigenvalue weighted by Gasteiger charge is -2.37. The lowest BCUT2D eigenvalue weighted by molar-refractivity contribution is 0.321. The Bertz CT molecular complexity index is 396. The molecule has 17 heavy (non-hydrogen) atoms. The van der Waals surface area contributed by atoms with Crippen molar-refractivity contribution >= 4 is 23.1 Å². The van der Waals surface area contributed by atoms with Crippen LogP contribution < -0.4 is 10.6 Å². The maximum absolute atomic E-state index is 5.94. The number of rotatable bonds is 2. The highest BCUT2D eigenvalue weighted by Crippen LogP contribution is 2.33. The van der Waals surface area contributed by atoms with E-state index in [2.05, 4.69) is 21.8 Å². The number of aromatic nitrogens is 2. The van der Waals surface area contributed by atoms with E-state index in [9.17, 15) is 0 Å². The van der Waals surface area contributed by atoms with Gasteiger partial charge in [0.1, 0.15) is 12.0 Å². The molecule has 0 radical (unpaired) electrons. The zero-order valence-corrected chi connectivity index (χ0v) is 11.1. The third-order valence-electron chi connectivity index (χ3n) is 3.71. The molecular weight excluding hydrogens is 236 g/mol. The van der Waals surface area contributed by atoms with Crippen LogP contribution in [0.15, 0.2) is 6.33 Å². The molecule has 2 unspecified atom stereocenters. The van der Waals surface area contributed by atoms with Gasteiger partial charge in [-0.2, -0.15) is 0 Å². The minimum atomic E-state index is 0.338. The number of nitrogens with zero attached hydrogens (tertiary/aromatic N) is 3. The highest BCUT2D eigenvalue weighted by atomic mass is 35.5. The normalized spacial score (nSPS) is 24.6. The number of anilines is 2. The Balaban J connectivity index is 2.23. The molecule has 0 amide bonds. The van der Waals surface area contributed by atoms with Gasteiger partial charge in [0, 0.05) is 13.1 Å². The fraction of sp³-hybridized carbons (Fsp3) is 0.667. The Labute approximate surface area is 107 Å². The molecule has 1 aromatic heterocycles. The summed E-state index contributed by atoms with van der Waals surface area (Å²) < 4.78 is 0. The second-order valence-electron chi connectivity index (χ2n) is 4.84. The van der Waals surface area contributed by atoms with Crippen LogP contribution in [-0.2, 0) is 0 Å². The highest BCUT2D eigenvalue weighted by molar-refractivity contribution is 6.32. The third kappa shape index (κ3) is 2.46. The largest absolute Gasteiger partial charge is 0.393 e. The molecule has 1 heterocycles. The van der Waals surface area contributed by atoms with Crippen LogP contribution in [0, 0.1) is 5.92 Å². The van der Waals surface area contributed by atoms with Crippen molar-refractivity contribution in [3.8, 4) is 0 Å². The quantitative estimate of drug-likeness (QED) is 0.825. The number of nitrogen functional groups attached to an aromatic ring is 1. The summed E-state index contributed by atoms with van der Waals surface area (Å²) in [7, 11) is 2.04. The number of halogens is 1. The molecule has 1 saturated carbocycles. The minimum absolute atomic E-state index is 0.338. The lowest BCUT2D eigenvalue weighted by atomic mass is 9.85. The Morgan fingerprint density at radius 1 is 1.35 bits per heavy atom. The molecule has 4 nitrogen and oxygen atoms in total. The van der Waals surface area contributed by atoms with Crippen LogP contribution in [-0.4, -0.2) is 23.1 Å². The summed E-state index contributed by atoms with van der Waals surface area (Å²) in [5, 5.41) is 0.338. The van der Waals surface area contributed by atoms with Gasteiger partial charge in [0.15, 0.2) is 11.0 Å². The molecule has 94 valence electrons. The molecular formula is C12H19ClN4. The van der Waals surface area contributed by atoms with Crippen molar-refractivity contribution in [1.82, 2.24) is 9.97 Å². The van der Waals surface area contributed by atoms with E-state index in [0.717, 1.165) is 5.82 Å². The van der Waals surface area contributed by atoms with Gasteiger partial charge in [0.05, 0.1) is 0 Å². The summed E-state index contributed by atoms with van der Waals surface area (Å²) in [6.07, 6.45) is 6.54. The Hall–Kier alpha value is -1.03. The zero-order chi connectivity index (χ0) is 12.4. The van der Waals surface area contributed by atoms with E-state index in [1.165, 1.54) is 32.0 Å². The van der Waals surface area contributed by atoms with E-state index in [1.54, 1.807) is 0 Å². The first-order valence-corrected chi connectivity index (χ1v) is 6.48. The maximum Gasteiger partial charge on any atom is 0.157 e. The predicted octanol–water partition coefficient (Wildman–Crippen LogP) is 2.73. The van der Waals surface area contributed by atoms with Gasteiger partial charge in [-0.05, 0) is 18.8 Å². The molecule has 0 saturated heterocycles. The van der Waals surface area contributed by atoms with Crippen molar-refractivity contribution in [3.63, 3.8) is 0 Å². The molecule has 1 aliphatic carbocycles. The first-order valence-electron chi connectivity index (χ1n) is 6.10. The van der Waals surface area contributed by atoms with Gasteiger partial charge in [-0.1, -0.05) is 31.4 Å². The zero-order valence-electron chi connectivity index (χ0n) is 10.4. The van der Waals surface area contributed by atoms with Crippen molar-refractivity contribution in [1.29, 1.82) is 0 Å². The van der Waals surface area contributed by atoms with Crippen molar-refractivity contribution in [3.05, 3.63) is 11.5 Å². The Morgan fingerprint density at radius 3 is 2.76 bits per heavy atom. The second-order valence-corrected chi connectivity index (χ2v) is 5.20. The van der Waals surface area contributed by atoms with Crippen LogP contribution in [0.3, 0.4) is 0 Å². The monoisotopic (exact) mass is 254 g/mol. The molecule has 2 atom stereocenters. The van der Waals surface area contributed by atoms with Gasteiger partial charge in [0.2, 0.25) is 0 Å². The summed E-state index contributed by atoms with van der Waals surface area (Å²) in [6.45, 7) is 2.29. The summed E-state index contributed by atoms with van der Waals surface area (Å²) in [4.78, 5) is 10.3. The highest BCUT2D eigenvalue weighted by Gasteiger charge is 2.27. The fourth-order valence-electron chi connectivity index (χ4n) is 2.68. The van der Waals surface area contributed by atoms with Crippen LogP contribution in [0.5, 0.6) is 0 Å². The van der Waals surface area contributed by atoms with Crippen LogP contribution in [0.1, 0.15) is 32.6 Å². The van der Waals surface area contributed by atoms with Gasteiger partial charge in [-0.3, -0.25) is 0 Å². The van der Waals surface area contributed by atoms with E-state index in [4.69, 9.17) is 17.3 Å². The predicted molar refractivity (Wildman–Crippen MR) is 71.3 cm³/mol. The molecule has 0 bridgehead atoms. The molecule has 1 aliphatic rings. The molecule has 1 fully saturated rings. The standard InChI is InChI=1S/C12H19ClN4/c1-8-5-3-4-6-9(8)17(2)12-10(14)11(13)15-7-16-12/h7-9H,3-6,14H2,1-2H3. The fourth-order valence-corrected chi connectivity index (χ4v) is 2.80. The number of nitrogens with two attached hydrogens (primary N) is 1. The number of hydrogen-bond acceptors (Lipinski definition) is 4. The molecule has 2 N–H and O–H groups in total. The average Bonchev–Trinajstić information content (AvgIpc) is 2.32. The minimum Gasteiger partial charge on any atom is -0.393 e. The summed E-state index contributed by atoms with van der Waals surface area (Å²) in [6, 6.07) is 0.497. The smallest absolute Gasteiger partial charge is 0.157 e. The molecule has 1 aromatic rings. The molecule has 0 spiro atoms. The Morgan fingerprint density at radius 2 is 2.06 bits per heavy atom. The van der Waals surface area contributed by atoms with E-state index in [1.807, 2.05) is 7.05 Å². The van der Waals surface area contributed by atoms with Gasteiger partial charge in [-0.15, -0.1) is 0 Å². The van der Waals surface area contributed by atoms with Gasteiger partial charge < -0.3 is 10.6 Å². The molecule has 2 rings (SSSR count). The topological polar surface area (TPSA) is 55.0 Å². The van der Waals surface area contributed by atoms with Crippen LogP contribution >= 0.6 is 11.6 Å². The van der Waals surface area contributed by atoms with E-state index in [0.29, 0.717) is 22.8 Å². The van der Waals surface area contributed by atoms with Crippen LogP contribution in [0.25, 0.3) is 0 Å². The first kappa shape index (κ1) is 12.4. The third-order valence-corrected chi connectivity index (χ3v) is 4.01. The lowest BCUT2D eigenvalue weighted by Crippen LogP contribution is -2.39. The molecule has 0 aliphatic heterocycles. The summed E-state index contributed by atoms with van der Waals surface area (Å²) in [5.74, 6) is 1.42. The maximum atomic E-state index is 5.94. The first-order chi connectivity index (χ1) is 8.11.